The van der Waals surface area contributed by atoms with Gasteiger partial charge in [-0.05, 0) is 42.7 Å². The Labute approximate surface area is 85.7 Å². The summed E-state index contributed by atoms with van der Waals surface area (Å²) in [6, 6.07) is 3.82. The molecule has 1 rings (SSSR count). The van der Waals surface area contributed by atoms with Crippen LogP contribution in [0, 0.1) is 13.8 Å². The number of carboxylic acid groups (broad SMARTS) is 1. The van der Waals surface area contributed by atoms with Gasteiger partial charge in [-0.25, -0.2) is 0 Å². The Balaban J connectivity index is 3.13. The first kappa shape index (κ1) is 10.3. The molecule has 70 valence electrons. The number of rotatable bonds is 2. The van der Waals surface area contributed by atoms with Crippen molar-refractivity contribution in [3.63, 3.8) is 0 Å². The summed E-state index contributed by atoms with van der Waals surface area (Å²) in [7, 11) is 0. The lowest BCUT2D eigenvalue weighted by Crippen LogP contribution is -2.25. The van der Waals surface area contributed by atoms with Gasteiger partial charge >= 0.3 is 0 Å². The molecule has 0 bridgehead atoms. The Kier molecular flexibility index (Phi) is 3.09. The fraction of sp³-hybridized carbons (Fsp3) is 0.300. The monoisotopic (exact) mass is 241 g/mol. The molecule has 13 heavy (non-hydrogen) atoms. The second kappa shape index (κ2) is 3.92. The number of carbonyl (C=O) groups excluding carboxylic acids is 1. The molecule has 0 aliphatic heterocycles. The Morgan fingerprint density at radius 1 is 1.38 bits per heavy atom. The van der Waals surface area contributed by atoms with Crippen LogP contribution in [-0.2, 0) is 11.2 Å². The third-order valence-corrected chi connectivity index (χ3v) is 2.44. The maximum Gasteiger partial charge on any atom is 0.0458 e. The summed E-state index contributed by atoms with van der Waals surface area (Å²) in [6.07, 6.45) is -0.00898. The molecule has 0 aliphatic rings. The Hall–Kier alpha value is -0.830. The number of carboxylic acids is 1. The first-order valence-corrected chi connectivity index (χ1v) is 4.75. The molecule has 0 aliphatic carbocycles. The van der Waals surface area contributed by atoms with E-state index in [2.05, 4.69) is 15.9 Å². The maximum absolute atomic E-state index is 10.4. The molecule has 1 aromatic rings. The summed E-state index contributed by atoms with van der Waals surface area (Å²) in [5, 5.41) is 10.4. The van der Waals surface area contributed by atoms with Gasteiger partial charge in [0.1, 0.15) is 0 Å². The number of halogens is 1. The van der Waals surface area contributed by atoms with Crippen molar-refractivity contribution in [3.8, 4) is 0 Å². The van der Waals surface area contributed by atoms with E-state index < -0.39 is 5.97 Å². The Morgan fingerprint density at radius 2 is 1.85 bits per heavy atom. The topological polar surface area (TPSA) is 40.1 Å². The van der Waals surface area contributed by atoms with E-state index in [4.69, 9.17) is 0 Å². The van der Waals surface area contributed by atoms with E-state index >= 15 is 0 Å². The van der Waals surface area contributed by atoms with Gasteiger partial charge in [-0.15, -0.1) is 0 Å². The highest BCUT2D eigenvalue weighted by atomic mass is 79.9. The average molecular weight is 242 g/mol. The number of aryl methyl sites for hydroxylation is 2. The molecular formula is C10H10BrO2-. The van der Waals surface area contributed by atoms with Gasteiger partial charge in [0, 0.05) is 16.9 Å². The SMILES string of the molecule is Cc1cc(Br)cc(C)c1CC(=O)[O-]. The lowest BCUT2D eigenvalue weighted by atomic mass is 10.0. The number of aliphatic carboxylic acids is 1. The third-order valence-electron chi connectivity index (χ3n) is 1.98. The molecule has 0 fully saturated rings. The minimum absolute atomic E-state index is 0.00898. The molecule has 0 unspecified atom stereocenters. The molecule has 0 spiro atoms. The van der Waals surface area contributed by atoms with Gasteiger partial charge in [-0.3, -0.25) is 0 Å². The quantitative estimate of drug-likeness (QED) is 0.785. The molecule has 3 heteroatoms. The predicted octanol–water partition coefficient (Wildman–Crippen LogP) is 1.36. The van der Waals surface area contributed by atoms with Crippen LogP contribution >= 0.6 is 15.9 Å². The summed E-state index contributed by atoms with van der Waals surface area (Å²) in [6.45, 7) is 3.80. The van der Waals surface area contributed by atoms with Gasteiger partial charge < -0.3 is 9.90 Å². The van der Waals surface area contributed by atoms with E-state index in [1.54, 1.807) is 0 Å². The predicted molar refractivity (Wildman–Crippen MR) is 52.3 cm³/mol. The highest BCUT2D eigenvalue weighted by Gasteiger charge is 2.03. The molecule has 0 aromatic heterocycles. The second-order valence-electron chi connectivity index (χ2n) is 3.07. The second-order valence-corrected chi connectivity index (χ2v) is 3.98. The zero-order chi connectivity index (χ0) is 10.0. The van der Waals surface area contributed by atoms with E-state index in [1.165, 1.54) is 0 Å². The molecule has 0 heterocycles. The summed E-state index contributed by atoms with van der Waals surface area (Å²) in [5.74, 6) is -1.03. The lowest BCUT2D eigenvalue weighted by molar-refractivity contribution is -0.304. The van der Waals surface area contributed by atoms with E-state index in [9.17, 15) is 9.90 Å². The third kappa shape index (κ3) is 2.56. The first-order valence-electron chi connectivity index (χ1n) is 3.96. The summed E-state index contributed by atoms with van der Waals surface area (Å²) in [4.78, 5) is 10.4. The Bertz CT molecular complexity index is 322. The molecule has 0 atom stereocenters. The van der Waals surface area contributed by atoms with Crippen molar-refractivity contribution in [2.45, 2.75) is 20.3 Å². The van der Waals surface area contributed by atoms with Crippen molar-refractivity contribution in [3.05, 3.63) is 33.3 Å². The van der Waals surface area contributed by atoms with Crippen LogP contribution in [0.4, 0.5) is 0 Å². The Morgan fingerprint density at radius 3 is 2.23 bits per heavy atom. The normalized spacial score (nSPS) is 10.1. The zero-order valence-corrected chi connectivity index (χ0v) is 9.14. The maximum atomic E-state index is 10.4. The summed E-state index contributed by atoms with van der Waals surface area (Å²) >= 11 is 3.35. The minimum atomic E-state index is -1.03. The van der Waals surface area contributed by atoms with Crippen molar-refractivity contribution >= 4 is 21.9 Å². The minimum Gasteiger partial charge on any atom is -0.550 e. The number of carbonyl (C=O) groups is 1. The lowest BCUT2D eigenvalue weighted by Gasteiger charge is -2.10. The van der Waals surface area contributed by atoms with Crippen LogP contribution in [0.3, 0.4) is 0 Å². The van der Waals surface area contributed by atoms with E-state index in [1.807, 2.05) is 26.0 Å². The van der Waals surface area contributed by atoms with Crippen LogP contribution in [0.15, 0.2) is 16.6 Å². The largest absolute Gasteiger partial charge is 0.550 e. The first-order chi connectivity index (χ1) is 6.00. The van der Waals surface area contributed by atoms with Crippen LogP contribution < -0.4 is 5.11 Å². The molecular weight excluding hydrogens is 232 g/mol. The molecule has 0 N–H and O–H groups in total. The molecule has 0 saturated carbocycles. The van der Waals surface area contributed by atoms with Gasteiger partial charge in [0.2, 0.25) is 0 Å². The van der Waals surface area contributed by atoms with Crippen LogP contribution in [0.5, 0.6) is 0 Å². The fourth-order valence-electron chi connectivity index (χ4n) is 1.36. The van der Waals surface area contributed by atoms with Gasteiger partial charge in [0.15, 0.2) is 0 Å². The van der Waals surface area contributed by atoms with E-state index in [0.717, 1.165) is 21.2 Å². The van der Waals surface area contributed by atoms with Crippen LogP contribution in [0.1, 0.15) is 16.7 Å². The van der Waals surface area contributed by atoms with E-state index in [-0.39, 0.29) is 6.42 Å². The van der Waals surface area contributed by atoms with Crippen molar-refractivity contribution in [1.82, 2.24) is 0 Å². The van der Waals surface area contributed by atoms with Crippen molar-refractivity contribution < 1.29 is 9.90 Å². The molecule has 0 radical (unpaired) electrons. The number of hydrogen-bond acceptors (Lipinski definition) is 2. The zero-order valence-electron chi connectivity index (χ0n) is 7.56. The van der Waals surface area contributed by atoms with Crippen molar-refractivity contribution in [2.75, 3.05) is 0 Å². The van der Waals surface area contributed by atoms with E-state index in [0.29, 0.717) is 0 Å². The number of benzene rings is 1. The van der Waals surface area contributed by atoms with Gasteiger partial charge in [-0.1, -0.05) is 15.9 Å². The summed E-state index contributed by atoms with van der Waals surface area (Å²) in [5.41, 5.74) is 2.82. The van der Waals surface area contributed by atoms with Crippen LogP contribution in [0.25, 0.3) is 0 Å². The highest BCUT2D eigenvalue weighted by Crippen LogP contribution is 2.20. The van der Waals surface area contributed by atoms with Crippen LogP contribution in [-0.4, -0.2) is 5.97 Å². The molecule has 2 nitrogen and oxygen atoms in total. The van der Waals surface area contributed by atoms with Gasteiger partial charge in [-0.2, -0.15) is 0 Å². The molecule has 1 aromatic carbocycles. The van der Waals surface area contributed by atoms with Gasteiger partial charge in [0.25, 0.3) is 0 Å². The highest BCUT2D eigenvalue weighted by molar-refractivity contribution is 9.10. The summed E-state index contributed by atoms with van der Waals surface area (Å²) < 4.78 is 0.976. The average Bonchev–Trinajstić information content (AvgIpc) is 1.96. The molecule has 0 saturated heterocycles. The van der Waals surface area contributed by atoms with Crippen molar-refractivity contribution in [2.24, 2.45) is 0 Å². The standard InChI is InChI=1S/C10H11BrO2/c1-6-3-8(11)4-7(2)9(6)5-10(12)13/h3-4H,5H2,1-2H3,(H,12,13)/p-1. The van der Waals surface area contributed by atoms with Gasteiger partial charge in [0.05, 0.1) is 0 Å². The van der Waals surface area contributed by atoms with Crippen molar-refractivity contribution in [1.29, 1.82) is 0 Å². The number of hydrogen-bond donors (Lipinski definition) is 0. The smallest absolute Gasteiger partial charge is 0.0458 e. The fourth-order valence-corrected chi connectivity index (χ4v) is 2.05. The molecule has 0 amide bonds. The van der Waals surface area contributed by atoms with Crippen LogP contribution in [0.2, 0.25) is 0 Å².